The summed E-state index contributed by atoms with van der Waals surface area (Å²) in [5.74, 6) is 0.303. The van der Waals surface area contributed by atoms with E-state index in [9.17, 15) is 4.79 Å². The number of rotatable bonds is 2. The fourth-order valence-corrected chi connectivity index (χ4v) is 1.91. The van der Waals surface area contributed by atoms with Gasteiger partial charge in [-0.05, 0) is 24.3 Å². The molecule has 3 rings (SSSR count). The lowest BCUT2D eigenvalue weighted by Crippen LogP contribution is -2.19. The quantitative estimate of drug-likeness (QED) is 0.869. The molecule has 0 unspecified atom stereocenters. The molecule has 2 heterocycles. The topological polar surface area (TPSA) is 77.6 Å². The van der Waals surface area contributed by atoms with Crippen LogP contribution in [-0.2, 0) is 0 Å². The van der Waals surface area contributed by atoms with Gasteiger partial charge in [0.15, 0.2) is 11.6 Å². The summed E-state index contributed by atoms with van der Waals surface area (Å²) in [7, 11) is 0. The Morgan fingerprint density at radius 3 is 2.42 bits per heavy atom. The van der Waals surface area contributed by atoms with Crippen LogP contribution >= 0.6 is 0 Å². The van der Waals surface area contributed by atoms with Crippen LogP contribution in [0.4, 0.5) is 5.69 Å². The van der Waals surface area contributed by atoms with E-state index in [4.69, 9.17) is 5.11 Å². The first kappa shape index (κ1) is 11.3. The van der Waals surface area contributed by atoms with Gasteiger partial charge in [-0.3, -0.25) is 0 Å². The van der Waals surface area contributed by atoms with E-state index in [-0.39, 0.29) is 5.56 Å². The van der Waals surface area contributed by atoms with Gasteiger partial charge in [0.25, 0.3) is 0 Å². The molecular weight excluding hydrogens is 244 g/mol. The summed E-state index contributed by atoms with van der Waals surface area (Å²) in [6, 6.07) is 6.64. The smallest absolute Gasteiger partial charge is 0.335 e. The van der Waals surface area contributed by atoms with Crippen molar-refractivity contribution in [2.45, 2.75) is 0 Å². The lowest BCUT2D eigenvalue weighted by Gasteiger charge is -2.18. The molecule has 2 aliphatic heterocycles. The van der Waals surface area contributed by atoms with Gasteiger partial charge in [-0.1, -0.05) is 0 Å². The molecule has 0 saturated carbocycles. The number of hydrogen-bond donors (Lipinski definition) is 1. The highest BCUT2D eigenvalue weighted by Crippen LogP contribution is 2.26. The van der Waals surface area contributed by atoms with Gasteiger partial charge in [-0.15, -0.1) is 0 Å². The second kappa shape index (κ2) is 4.49. The molecule has 1 aromatic carbocycles. The van der Waals surface area contributed by atoms with Crippen molar-refractivity contribution in [3.05, 3.63) is 41.5 Å². The summed E-state index contributed by atoms with van der Waals surface area (Å²) in [6.07, 6.45) is 5.00. The van der Waals surface area contributed by atoms with Crippen molar-refractivity contribution in [1.82, 2.24) is 0 Å². The molecule has 94 valence electrons. The predicted molar refractivity (Wildman–Crippen MR) is 73.2 cm³/mol. The normalized spacial score (nSPS) is 16.7. The van der Waals surface area contributed by atoms with E-state index in [2.05, 4.69) is 15.0 Å². The minimum atomic E-state index is -0.937. The van der Waals surface area contributed by atoms with Crippen LogP contribution in [0.1, 0.15) is 10.4 Å². The van der Waals surface area contributed by atoms with Crippen LogP contribution in [-0.4, -0.2) is 36.3 Å². The van der Waals surface area contributed by atoms with Crippen LogP contribution in [0.5, 0.6) is 0 Å². The third-order valence-corrected chi connectivity index (χ3v) is 2.82. The van der Waals surface area contributed by atoms with E-state index in [1.165, 1.54) is 0 Å². The maximum Gasteiger partial charge on any atom is 0.335 e. The third-order valence-electron chi connectivity index (χ3n) is 2.82. The minimum Gasteiger partial charge on any atom is -0.478 e. The van der Waals surface area contributed by atoms with Crippen LogP contribution in [0.25, 0.3) is 0 Å². The third kappa shape index (κ3) is 2.03. The molecule has 0 atom stereocenters. The second-order valence-electron chi connectivity index (χ2n) is 3.98. The molecule has 0 aliphatic carbocycles. The van der Waals surface area contributed by atoms with E-state index in [1.54, 1.807) is 42.9 Å². The summed E-state index contributed by atoms with van der Waals surface area (Å²) in [4.78, 5) is 25.3. The molecule has 0 amide bonds. The van der Waals surface area contributed by atoms with Crippen LogP contribution < -0.4 is 4.90 Å². The van der Waals surface area contributed by atoms with E-state index in [1.807, 2.05) is 4.90 Å². The standard InChI is InChI=1S/C13H10N4O2/c18-13(19)9-1-3-10(4-2-9)17-8-7-16-12(17)11-14-5-6-15-11/h1-7H,8H2,(H,18,19). The first-order valence-corrected chi connectivity index (χ1v) is 5.70. The summed E-state index contributed by atoms with van der Waals surface area (Å²) >= 11 is 0. The zero-order valence-corrected chi connectivity index (χ0v) is 9.89. The van der Waals surface area contributed by atoms with Crippen molar-refractivity contribution in [1.29, 1.82) is 0 Å². The Kier molecular flexibility index (Phi) is 2.68. The predicted octanol–water partition coefficient (Wildman–Crippen LogP) is 1.56. The van der Waals surface area contributed by atoms with Gasteiger partial charge in [0.1, 0.15) is 0 Å². The van der Waals surface area contributed by atoms with Crippen molar-refractivity contribution in [3.8, 4) is 0 Å². The van der Waals surface area contributed by atoms with Crippen LogP contribution in [0, 0.1) is 0 Å². The average molecular weight is 254 g/mol. The monoisotopic (exact) mass is 254 g/mol. The SMILES string of the molecule is O=C(O)c1ccc(N2CC=NC2=C2N=CC=N2)cc1. The molecule has 1 N–H and O–H groups in total. The highest BCUT2D eigenvalue weighted by Gasteiger charge is 2.20. The van der Waals surface area contributed by atoms with E-state index >= 15 is 0 Å². The Labute approximate surface area is 109 Å². The lowest BCUT2D eigenvalue weighted by molar-refractivity contribution is 0.0697. The van der Waals surface area contributed by atoms with Gasteiger partial charge in [-0.25, -0.2) is 19.8 Å². The van der Waals surface area contributed by atoms with Crippen LogP contribution in [0.15, 0.2) is 50.9 Å². The van der Waals surface area contributed by atoms with Crippen molar-refractivity contribution < 1.29 is 9.90 Å². The van der Waals surface area contributed by atoms with E-state index in [0.29, 0.717) is 18.2 Å². The maximum absolute atomic E-state index is 10.8. The summed E-state index contributed by atoms with van der Waals surface area (Å²) in [5, 5.41) is 8.88. The highest BCUT2D eigenvalue weighted by atomic mass is 16.4. The number of carboxylic acids is 1. The number of nitrogens with zero attached hydrogens (tertiary/aromatic N) is 4. The Morgan fingerprint density at radius 1 is 1.11 bits per heavy atom. The van der Waals surface area contributed by atoms with Gasteiger partial charge >= 0.3 is 5.97 Å². The first-order valence-electron chi connectivity index (χ1n) is 5.70. The number of anilines is 1. The minimum absolute atomic E-state index is 0.259. The Bertz CT molecular complexity index is 627. The molecular formula is C13H10N4O2. The molecule has 0 saturated heterocycles. The van der Waals surface area contributed by atoms with Crippen molar-refractivity contribution in [3.63, 3.8) is 0 Å². The Hall–Kier alpha value is -2.76. The summed E-state index contributed by atoms with van der Waals surface area (Å²) in [5.41, 5.74) is 1.12. The van der Waals surface area contributed by atoms with Crippen molar-refractivity contribution in [2.75, 3.05) is 11.4 Å². The zero-order chi connectivity index (χ0) is 13.2. The van der Waals surface area contributed by atoms with Crippen LogP contribution in [0.3, 0.4) is 0 Å². The molecule has 6 heteroatoms. The number of aliphatic imine (C=N–C) groups is 3. The van der Waals surface area contributed by atoms with E-state index < -0.39 is 5.97 Å². The molecule has 1 aromatic rings. The number of carbonyl (C=O) groups is 1. The molecule has 0 fully saturated rings. The maximum atomic E-state index is 10.8. The fraction of sp³-hybridized carbons (Fsp3) is 0.0769. The summed E-state index contributed by atoms with van der Waals surface area (Å²) < 4.78 is 0. The fourth-order valence-electron chi connectivity index (χ4n) is 1.91. The molecule has 0 radical (unpaired) electrons. The number of carboxylic acid groups (broad SMARTS) is 1. The molecule has 2 aliphatic rings. The van der Waals surface area contributed by atoms with Gasteiger partial charge in [0, 0.05) is 24.3 Å². The van der Waals surface area contributed by atoms with Gasteiger partial charge in [0.05, 0.1) is 12.1 Å². The summed E-state index contributed by atoms with van der Waals surface area (Å²) in [6.45, 7) is 0.621. The zero-order valence-electron chi connectivity index (χ0n) is 9.89. The second-order valence-corrected chi connectivity index (χ2v) is 3.98. The van der Waals surface area contributed by atoms with Crippen molar-refractivity contribution >= 4 is 30.3 Å². The Morgan fingerprint density at radius 2 is 1.79 bits per heavy atom. The molecule has 0 spiro atoms. The number of hydrogen-bond acceptors (Lipinski definition) is 5. The highest BCUT2D eigenvalue weighted by molar-refractivity contribution is 6.18. The lowest BCUT2D eigenvalue weighted by atomic mass is 10.2. The van der Waals surface area contributed by atoms with Gasteiger partial charge in [0.2, 0.25) is 0 Å². The van der Waals surface area contributed by atoms with Gasteiger partial charge in [-0.2, -0.15) is 0 Å². The van der Waals surface area contributed by atoms with Crippen molar-refractivity contribution in [2.24, 2.45) is 15.0 Å². The van der Waals surface area contributed by atoms with E-state index in [0.717, 1.165) is 5.69 Å². The molecule has 0 bridgehead atoms. The number of aromatic carboxylic acids is 1. The molecule has 19 heavy (non-hydrogen) atoms. The molecule has 0 aromatic heterocycles. The van der Waals surface area contributed by atoms with Crippen LogP contribution in [0.2, 0.25) is 0 Å². The number of benzene rings is 1. The largest absolute Gasteiger partial charge is 0.478 e. The molecule has 6 nitrogen and oxygen atoms in total. The average Bonchev–Trinajstić information content (AvgIpc) is 3.09. The first-order chi connectivity index (χ1) is 9.25. The Balaban J connectivity index is 1.94. The van der Waals surface area contributed by atoms with Gasteiger partial charge < -0.3 is 10.0 Å².